The molecule has 1 N–H and O–H groups in total. The Morgan fingerprint density at radius 3 is 2.54 bits per heavy atom. The second-order valence-corrected chi connectivity index (χ2v) is 6.41. The van der Waals surface area contributed by atoms with E-state index in [-0.39, 0.29) is 5.56 Å². The number of aryl methyl sites for hydroxylation is 2. The lowest BCUT2D eigenvalue weighted by atomic mass is 10.2. The Morgan fingerprint density at radius 1 is 1.12 bits per heavy atom. The van der Waals surface area contributed by atoms with Gasteiger partial charge in [-0.3, -0.25) is 4.79 Å². The molecule has 0 spiro atoms. The topological polar surface area (TPSA) is 46.9 Å². The first-order chi connectivity index (χ1) is 11.4. The van der Waals surface area contributed by atoms with Crippen molar-refractivity contribution in [2.24, 2.45) is 0 Å². The van der Waals surface area contributed by atoms with Gasteiger partial charge in [-0.05, 0) is 44.2 Å². The van der Waals surface area contributed by atoms with E-state index in [1.807, 2.05) is 38.1 Å². The molecule has 24 heavy (non-hydrogen) atoms. The molecule has 0 unspecified atom stereocenters. The molecular weight excluding hydrogens is 373 g/mol. The molecule has 1 amide bonds. The second kappa shape index (κ2) is 6.57. The van der Waals surface area contributed by atoms with Crippen LogP contribution in [0, 0.1) is 19.7 Å². The summed E-state index contributed by atoms with van der Waals surface area (Å²) in [5.74, 6) is -0.614. The van der Waals surface area contributed by atoms with Crippen molar-refractivity contribution < 1.29 is 9.18 Å². The minimum atomic E-state index is -0.575. The molecule has 2 aromatic carbocycles. The molecule has 0 fully saturated rings. The number of benzene rings is 2. The van der Waals surface area contributed by atoms with E-state index in [0.29, 0.717) is 10.3 Å². The fraction of sp³-hybridized carbons (Fsp3) is 0.111. The number of anilines is 1. The molecular formula is C18H15BrFN3O. The van der Waals surface area contributed by atoms with Gasteiger partial charge in [-0.25, -0.2) is 9.07 Å². The van der Waals surface area contributed by atoms with Crippen molar-refractivity contribution >= 4 is 27.7 Å². The van der Waals surface area contributed by atoms with Crippen molar-refractivity contribution in [1.29, 1.82) is 0 Å². The van der Waals surface area contributed by atoms with Crippen LogP contribution in [0.25, 0.3) is 5.69 Å². The number of nitrogens with one attached hydrogen (secondary N) is 1. The first kappa shape index (κ1) is 16.4. The van der Waals surface area contributed by atoms with E-state index in [2.05, 4.69) is 26.3 Å². The summed E-state index contributed by atoms with van der Waals surface area (Å²) in [6.07, 6.45) is 0. The smallest absolute Gasteiger partial charge is 0.259 e. The van der Waals surface area contributed by atoms with Crippen molar-refractivity contribution in [2.45, 2.75) is 13.8 Å². The molecule has 0 aliphatic carbocycles. The van der Waals surface area contributed by atoms with Crippen molar-refractivity contribution in [2.75, 3.05) is 5.32 Å². The molecule has 3 aromatic rings. The van der Waals surface area contributed by atoms with E-state index >= 15 is 0 Å². The Hall–Kier alpha value is -2.47. The Kier molecular flexibility index (Phi) is 4.49. The Labute approximate surface area is 147 Å². The van der Waals surface area contributed by atoms with E-state index in [4.69, 9.17) is 0 Å². The highest BCUT2D eigenvalue weighted by Crippen LogP contribution is 2.20. The number of hydrogen-bond acceptors (Lipinski definition) is 2. The maximum atomic E-state index is 13.9. The summed E-state index contributed by atoms with van der Waals surface area (Å²) < 4.78 is 16.2. The van der Waals surface area contributed by atoms with Gasteiger partial charge in [0.2, 0.25) is 0 Å². The summed E-state index contributed by atoms with van der Waals surface area (Å²) in [5.41, 5.74) is 2.67. The molecule has 0 aliphatic rings. The normalized spacial score (nSPS) is 10.7. The first-order valence-corrected chi connectivity index (χ1v) is 8.13. The van der Waals surface area contributed by atoms with Crippen LogP contribution in [0.5, 0.6) is 0 Å². The molecule has 3 rings (SSSR count). The Morgan fingerprint density at radius 2 is 1.83 bits per heavy atom. The predicted molar refractivity (Wildman–Crippen MR) is 95.1 cm³/mol. The zero-order valence-electron chi connectivity index (χ0n) is 13.2. The Bertz CT molecular complexity index is 903. The van der Waals surface area contributed by atoms with Crippen LogP contribution in [-0.4, -0.2) is 15.7 Å². The van der Waals surface area contributed by atoms with Crippen molar-refractivity contribution in [3.8, 4) is 5.69 Å². The quantitative estimate of drug-likeness (QED) is 0.711. The lowest BCUT2D eigenvalue weighted by Gasteiger charge is -2.10. The van der Waals surface area contributed by atoms with Gasteiger partial charge in [0, 0.05) is 10.5 Å². The summed E-state index contributed by atoms with van der Waals surface area (Å²) in [7, 11) is 0. The van der Waals surface area contributed by atoms with Gasteiger partial charge in [-0.2, -0.15) is 5.10 Å². The molecule has 0 aliphatic heterocycles. The molecule has 0 saturated carbocycles. The number of hydrogen-bond donors (Lipinski definition) is 1. The number of carbonyl (C=O) groups excluding carboxylic acids is 1. The third-order valence-electron chi connectivity index (χ3n) is 3.52. The third-order valence-corrected chi connectivity index (χ3v) is 4.02. The molecule has 4 nitrogen and oxygen atoms in total. The summed E-state index contributed by atoms with van der Waals surface area (Å²) >= 11 is 3.25. The van der Waals surface area contributed by atoms with Gasteiger partial charge in [0.25, 0.3) is 5.91 Å². The van der Waals surface area contributed by atoms with Crippen LogP contribution in [0.15, 0.2) is 53.0 Å². The maximum Gasteiger partial charge on any atom is 0.259 e. The molecule has 6 heteroatoms. The van der Waals surface area contributed by atoms with E-state index in [1.165, 1.54) is 12.1 Å². The summed E-state index contributed by atoms with van der Waals surface area (Å²) in [5, 5.41) is 7.13. The summed E-state index contributed by atoms with van der Waals surface area (Å²) in [4.78, 5) is 12.4. The minimum Gasteiger partial charge on any atom is -0.306 e. The largest absolute Gasteiger partial charge is 0.306 e. The number of nitrogens with zero attached hydrogens (tertiary/aromatic N) is 2. The average molecular weight is 388 g/mol. The standard InChI is InChI=1S/C18H15BrFN3O/c1-11-3-6-14(7-4-11)23-17(9-12(2)22-23)21-18(24)15-10-13(19)5-8-16(15)20/h3-10H,1-2H3,(H,21,24). The second-order valence-electron chi connectivity index (χ2n) is 5.50. The number of carbonyl (C=O) groups is 1. The number of rotatable bonds is 3. The van der Waals surface area contributed by atoms with Gasteiger partial charge in [0.1, 0.15) is 11.6 Å². The van der Waals surface area contributed by atoms with Gasteiger partial charge in [0.05, 0.1) is 16.9 Å². The zero-order valence-corrected chi connectivity index (χ0v) is 14.8. The van der Waals surface area contributed by atoms with Gasteiger partial charge in [-0.1, -0.05) is 33.6 Å². The van der Waals surface area contributed by atoms with Crippen molar-refractivity contribution in [3.63, 3.8) is 0 Å². The average Bonchev–Trinajstić information content (AvgIpc) is 2.91. The minimum absolute atomic E-state index is 0.0290. The zero-order chi connectivity index (χ0) is 17.3. The van der Waals surface area contributed by atoms with Crippen LogP contribution in [-0.2, 0) is 0 Å². The van der Waals surface area contributed by atoms with Crippen LogP contribution in [0.2, 0.25) is 0 Å². The molecule has 0 bridgehead atoms. The van der Waals surface area contributed by atoms with Gasteiger partial charge >= 0.3 is 0 Å². The van der Waals surface area contributed by atoms with Crippen molar-refractivity contribution in [3.05, 3.63) is 75.6 Å². The highest BCUT2D eigenvalue weighted by molar-refractivity contribution is 9.10. The first-order valence-electron chi connectivity index (χ1n) is 7.34. The number of aromatic nitrogens is 2. The molecule has 0 atom stereocenters. The molecule has 1 heterocycles. The highest BCUT2D eigenvalue weighted by atomic mass is 79.9. The SMILES string of the molecule is Cc1ccc(-n2nc(C)cc2NC(=O)c2cc(Br)ccc2F)cc1. The van der Waals surface area contributed by atoms with Gasteiger partial charge in [0.15, 0.2) is 0 Å². The summed E-state index contributed by atoms with van der Waals surface area (Å²) in [6, 6.07) is 13.7. The maximum absolute atomic E-state index is 13.9. The van der Waals surface area contributed by atoms with Crippen molar-refractivity contribution in [1.82, 2.24) is 9.78 Å². The van der Waals surface area contributed by atoms with Crippen LogP contribution in [0.3, 0.4) is 0 Å². The van der Waals surface area contributed by atoms with Crippen LogP contribution in [0.4, 0.5) is 10.2 Å². The van der Waals surface area contributed by atoms with E-state index in [9.17, 15) is 9.18 Å². The monoisotopic (exact) mass is 387 g/mol. The lowest BCUT2D eigenvalue weighted by Crippen LogP contribution is -2.16. The lowest BCUT2D eigenvalue weighted by molar-refractivity contribution is 0.102. The highest BCUT2D eigenvalue weighted by Gasteiger charge is 2.16. The summed E-state index contributed by atoms with van der Waals surface area (Å²) in [6.45, 7) is 3.83. The Balaban J connectivity index is 1.94. The molecule has 122 valence electrons. The van der Waals surface area contributed by atoms with Crippen LogP contribution < -0.4 is 5.32 Å². The van der Waals surface area contributed by atoms with E-state index in [1.54, 1.807) is 16.8 Å². The predicted octanol–water partition coefficient (Wildman–Crippen LogP) is 4.64. The van der Waals surface area contributed by atoms with E-state index < -0.39 is 11.7 Å². The van der Waals surface area contributed by atoms with Gasteiger partial charge in [-0.15, -0.1) is 0 Å². The number of halogens is 2. The molecule has 0 radical (unpaired) electrons. The van der Waals surface area contributed by atoms with Crippen LogP contribution >= 0.6 is 15.9 Å². The fourth-order valence-corrected chi connectivity index (χ4v) is 2.69. The fourth-order valence-electron chi connectivity index (χ4n) is 2.33. The van der Waals surface area contributed by atoms with Gasteiger partial charge < -0.3 is 5.32 Å². The van der Waals surface area contributed by atoms with E-state index in [0.717, 1.165) is 16.9 Å². The molecule has 0 saturated heterocycles. The third kappa shape index (κ3) is 3.38. The van der Waals surface area contributed by atoms with Crippen LogP contribution in [0.1, 0.15) is 21.6 Å². The molecule has 1 aromatic heterocycles. The number of amides is 1.